The van der Waals surface area contributed by atoms with Crippen molar-refractivity contribution < 1.29 is 0 Å². The Hall–Kier alpha value is -1.89. The minimum absolute atomic E-state index is 0.133. The van der Waals surface area contributed by atoms with Gasteiger partial charge in [-0.2, -0.15) is 0 Å². The molecule has 2 N–H and O–H groups in total. The zero-order valence-corrected chi connectivity index (χ0v) is 12.5. The Balaban J connectivity index is 2.31. The molecule has 0 radical (unpaired) electrons. The lowest BCUT2D eigenvalue weighted by molar-refractivity contribution is 0.814. The van der Waals surface area contributed by atoms with Crippen LogP contribution in [0.2, 0.25) is 0 Å². The lowest BCUT2D eigenvalue weighted by Gasteiger charge is -2.06. The van der Waals surface area contributed by atoms with Gasteiger partial charge in [0.15, 0.2) is 5.16 Å². The van der Waals surface area contributed by atoms with Crippen LogP contribution >= 0.6 is 11.8 Å². The zero-order chi connectivity index (χ0) is 14.5. The van der Waals surface area contributed by atoms with E-state index in [9.17, 15) is 4.79 Å². The number of hydrogen-bond donors (Lipinski definition) is 2. The summed E-state index contributed by atoms with van der Waals surface area (Å²) in [5, 5.41) is 4.23. The van der Waals surface area contributed by atoms with Gasteiger partial charge in [-0.3, -0.25) is 4.79 Å². The number of rotatable bonds is 5. The van der Waals surface area contributed by atoms with Gasteiger partial charge in [0.25, 0.3) is 5.56 Å². The molecular weight excluding hydrogens is 274 g/mol. The minimum atomic E-state index is -0.133. The molecule has 0 saturated heterocycles. The minimum Gasteiger partial charge on any atom is -0.357 e. The summed E-state index contributed by atoms with van der Waals surface area (Å²) in [7, 11) is 1.76. The SMILES string of the molecule is CCCc1cc(=O)[nH]c(Sc2nc(NC)ncc2C)n1. The smallest absolute Gasteiger partial charge is 0.251 e. The number of H-pyrrole nitrogens is 1. The molecule has 2 aromatic heterocycles. The Morgan fingerprint density at radius 3 is 2.90 bits per heavy atom. The highest BCUT2D eigenvalue weighted by atomic mass is 32.2. The molecule has 0 saturated carbocycles. The van der Waals surface area contributed by atoms with Crippen molar-refractivity contribution in [2.45, 2.75) is 36.9 Å². The first kappa shape index (κ1) is 14.5. The molecule has 0 unspecified atom stereocenters. The summed E-state index contributed by atoms with van der Waals surface area (Å²) in [5.74, 6) is 0.546. The van der Waals surface area contributed by atoms with Crippen molar-refractivity contribution >= 4 is 17.7 Å². The van der Waals surface area contributed by atoms with Gasteiger partial charge in [0.1, 0.15) is 5.03 Å². The van der Waals surface area contributed by atoms with Gasteiger partial charge in [-0.05, 0) is 25.1 Å². The average molecular weight is 291 g/mol. The summed E-state index contributed by atoms with van der Waals surface area (Å²) in [6.45, 7) is 3.99. The van der Waals surface area contributed by atoms with Gasteiger partial charge in [0.2, 0.25) is 5.95 Å². The first-order chi connectivity index (χ1) is 9.62. The van der Waals surface area contributed by atoms with E-state index >= 15 is 0 Å². The number of nitrogens with zero attached hydrogens (tertiary/aromatic N) is 3. The van der Waals surface area contributed by atoms with Crippen LogP contribution in [0, 0.1) is 6.92 Å². The fraction of sp³-hybridized carbons (Fsp3) is 0.385. The third-order valence-corrected chi connectivity index (χ3v) is 3.61. The quantitative estimate of drug-likeness (QED) is 0.647. The molecule has 20 heavy (non-hydrogen) atoms. The van der Waals surface area contributed by atoms with Crippen LogP contribution in [-0.2, 0) is 6.42 Å². The van der Waals surface area contributed by atoms with Gasteiger partial charge in [-0.25, -0.2) is 15.0 Å². The van der Waals surface area contributed by atoms with E-state index in [4.69, 9.17) is 0 Å². The fourth-order valence-corrected chi connectivity index (χ4v) is 2.50. The third-order valence-electron chi connectivity index (χ3n) is 2.62. The number of aromatic nitrogens is 4. The third kappa shape index (κ3) is 3.57. The van der Waals surface area contributed by atoms with E-state index in [0.29, 0.717) is 11.1 Å². The van der Waals surface area contributed by atoms with Gasteiger partial charge in [0.05, 0.1) is 0 Å². The molecule has 2 rings (SSSR count). The van der Waals surface area contributed by atoms with Crippen LogP contribution in [0.25, 0.3) is 0 Å². The fourth-order valence-electron chi connectivity index (χ4n) is 1.66. The Bertz CT molecular complexity index is 655. The van der Waals surface area contributed by atoms with E-state index < -0.39 is 0 Å². The number of hydrogen-bond acceptors (Lipinski definition) is 6. The topological polar surface area (TPSA) is 83.6 Å². The molecule has 0 fully saturated rings. The molecular formula is C13H17N5OS. The average Bonchev–Trinajstić information content (AvgIpc) is 2.41. The lowest BCUT2D eigenvalue weighted by atomic mass is 10.2. The highest BCUT2D eigenvalue weighted by Crippen LogP contribution is 2.25. The summed E-state index contributed by atoms with van der Waals surface area (Å²) >= 11 is 1.34. The molecule has 0 aliphatic rings. The number of anilines is 1. The van der Waals surface area contributed by atoms with Crippen molar-refractivity contribution in [3.8, 4) is 0 Å². The van der Waals surface area contributed by atoms with Crippen LogP contribution in [0.3, 0.4) is 0 Å². The van der Waals surface area contributed by atoms with Crippen molar-refractivity contribution in [2.75, 3.05) is 12.4 Å². The van der Waals surface area contributed by atoms with Crippen LogP contribution in [0.15, 0.2) is 27.2 Å². The Kier molecular flexibility index (Phi) is 4.73. The molecule has 6 nitrogen and oxygen atoms in total. The predicted octanol–water partition coefficient (Wildman–Crippen LogP) is 2.01. The van der Waals surface area contributed by atoms with Gasteiger partial charge in [0, 0.05) is 30.6 Å². The van der Waals surface area contributed by atoms with E-state index in [1.54, 1.807) is 19.3 Å². The van der Waals surface area contributed by atoms with Crippen molar-refractivity contribution in [1.82, 2.24) is 19.9 Å². The van der Waals surface area contributed by atoms with E-state index in [0.717, 1.165) is 29.1 Å². The normalized spacial score (nSPS) is 10.6. The summed E-state index contributed by atoms with van der Waals surface area (Å²) in [4.78, 5) is 27.3. The lowest BCUT2D eigenvalue weighted by Crippen LogP contribution is -2.10. The second kappa shape index (κ2) is 6.51. The van der Waals surface area contributed by atoms with E-state index in [1.165, 1.54) is 11.8 Å². The van der Waals surface area contributed by atoms with Crippen molar-refractivity contribution in [1.29, 1.82) is 0 Å². The maximum atomic E-state index is 11.6. The molecule has 0 aliphatic heterocycles. The molecule has 0 bridgehead atoms. The summed E-state index contributed by atoms with van der Waals surface area (Å²) in [6.07, 6.45) is 3.49. The maximum absolute atomic E-state index is 11.6. The monoisotopic (exact) mass is 291 g/mol. The predicted molar refractivity (Wildman–Crippen MR) is 79.3 cm³/mol. The zero-order valence-electron chi connectivity index (χ0n) is 11.7. The molecule has 0 aromatic carbocycles. The van der Waals surface area contributed by atoms with Gasteiger partial charge in [-0.1, -0.05) is 13.3 Å². The highest BCUT2D eigenvalue weighted by Gasteiger charge is 2.08. The van der Waals surface area contributed by atoms with Gasteiger partial charge in [-0.15, -0.1) is 0 Å². The molecule has 2 heterocycles. The van der Waals surface area contributed by atoms with Crippen LogP contribution in [0.4, 0.5) is 5.95 Å². The van der Waals surface area contributed by atoms with Crippen molar-refractivity contribution in [3.05, 3.63) is 33.9 Å². The Morgan fingerprint density at radius 2 is 2.20 bits per heavy atom. The maximum Gasteiger partial charge on any atom is 0.251 e. The largest absolute Gasteiger partial charge is 0.357 e. The highest BCUT2D eigenvalue weighted by molar-refractivity contribution is 7.99. The van der Waals surface area contributed by atoms with E-state index in [-0.39, 0.29) is 5.56 Å². The molecule has 2 aromatic rings. The standard InChI is InChI=1S/C13H17N5OS/c1-4-5-9-6-10(19)17-13(16-9)20-11-8(2)7-15-12(14-3)18-11/h6-7H,4-5H2,1-3H3,(H,14,15,18)(H,16,17,19). The van der Waals surface area contributed by atoms with Crippen LogP contribution in [0.1, 0.15) is 24.6 Å². The molecule has 0 amide bonds. The molecule has 0 aliphatic carbocycles. The second-order valence-electron chi connectivity index (χ2n) is 4.33. The van der Waals surface area contributed by atoms with Crippen LogP contribution in [0.5, 0.6) is 0 Å². The molecule has 106 valence electrons. The Labute approximate surface area is 121 Å². The summed E-state index contributed by atoms with van der Waals surface area (Å²) in [6, 6.07) is 1.54. The summed E-state index contributed by atoms with van der Waals surface area (Å²) < 4.78 is 0. The number of nitrogens with one attached hydrogen (secondary N) is 2. The molecule has 7 heteroatoms. The molecule has 0 spiro atoms. The number of aromatic amines is 1. The van der Waals surface area contributed by atoms with Crippen molar-refractivity contribution in [2.24, 2.45) is 0 Å². The van der Waals surface area contributed by atoms with Gasteiger partial charge >= 0.3 is 0 Å². The first-order valence-electron chi connectivity index (χ1n) is 6.42. The number of aryl methyl sites for hydroxylation is 2. The van der Waals surface area contributed by atoms with Crippen LogP contribution < -0.4 is 10.9 Å². The summed E-state index contributed by atoms with van der Waals surface area (Å²) in [5.41, 5.74) is 1.61. The van der Waals surface area contributed by atoms with Crippen molar-refractivity contribution in [3.63, 3.8) is 0 Å². The first-order valence-corrected chi connectivity index (χ1v) is 7.23. The van der Waals surface area contributed by atoms with Gasteiger partial charge < -0.3 is 10.3 Å². The van der Waals surface area contributed by atoms with Crippen LogP contribution in [-0.4, -0.2) is 27.0 Å². The molecule has 0 atom stereocenters. The van der Waals surface area contributed by atoms with E-state index in [2.05, 4.69) is 32.2 Å². The van der Waals surface area contributed by atoms with E-state index in [1.807, 2.05) is 6.92 Å². The second-order valence-corrected chi connectivity index (χ2v) is 5.30. The Morgan fingerprint density at radius 1 is 1.40 bits per heavy atom.